The van der Waals surface area contributed by atoms with E-state index in [0.29, 0.717) is 5.88 Å². The van der Waals surface area contributed by atoms with Crippen molar-refractivity contribution in [3.8, 4) is 5.88 Å². The molecule has 1 fully saturated rings. The first kappa shape index (κ1) is 16.3. The third-order valence-electron chi connectivity index (χ3n) is 4.23. The quantitative estimate of drug-likeness (QED) is 0.815. The molecule has 1 aromatic heterocycles. The van der Waals surface area contributed by atoms with Crippen molar-refractivity contribution >= 4 is 32.7 Å². The molecule has 1 aromatic carbocycles. The molecule has 2 heterocycles. The minimum absolute atomic E-state index is 0.0203. The predicted molar refractivity (Wildman–Crippen MR) is 92.6 cm³/mol. The van der Waals surface area contributed by atoms with E-state index < -0.39 is 6.10 Å². The van der Waals surface area contributed by atoms with E-state index in [1.807, 2.05) is 30.1 Å². The standard InChI is InChI=1S/C16H21BrN4O2/c1-11(16(22)21-8-6-19(2)7-9-21)23-15-13-10-12(17)4-5-14(13)20(3)18-15/h4-5,10-11H,6-9H2,1-3H3. The second kappa shape index (κ2) is 6.49. The van der Waals surface area contributed by atoms with Gasteiger partial charge in [-0.2, -0.15) is 0 Å². The zero-order valence-electron chi connectivity index (χ0n) is 13.6. The van der Waals surface area contributed by atoms with E-state index in [9.17, 15) is 4.79 Å². The van der Waals surface area contributed by atoms with Crippen LogP contribution in [0.3, 0.4) is 0 Å². The van der Waals surface area contributed by atoms with Gasteiger partial charge in [0.1, 0.15) is 0 Å². The zero-order chi connectivity index (χ0) is 16.6. The van der Waals surface area contributed by atoms with Crippen molar-refractivity contribution in [3.63, 3.8) is 0 Å². The summed E-state index contributed by atoms with van der Waals surface area (Å²) in [6, 6.07) is 5.91. The Bertz CT molecular complexity index is 722. The SMILES string of the molecule is CC(Oc1nn(C)c2ccc(Br)cc12)C(=O)N1CCN(C)CC1. The second-order valence-electron chi connectivity index (χ2n) is 5.98. The molecule has 1 aliphatic heterocycles. The van der Waals surface area contributed by atoms with Crippen LogP contribution in [0.1, 0.15) is 6.92 Å². The molecule has 1 saturated heterocycles. The number of halogens is 1. The molecule has 2 aromatic rings. The fraction of sp³-hybridized carbons (Fsp3) is 0.500. The van der Waals surface area contributed by atoms with Gasteiger partial charge in [-0.3, -0.25) is 9.48 Å². The fourth-order valence-corrected chi connectivity index (χ4v) is 3.16. The number of piperazine rings is 1. The first-order valence-electron chi connectivity index (χ1n) is 7.72. The molecule has 3 rings (SSSR count). The maximum Gasteiger partial charge on any atom is 0.263 e. The Kier molecular flexibility index (Phi) is 4.59. The van der Waals surface area contributed by atoms with E-state index >= 15 is 0 Å². The number of nitrogens with zero attached hydrogens (tertiary/aromatic N) is 4. The van der Waals surface area contributed by atoms with E-state index in [1.165, 1.54) is 0 Å². The molecule has 124 valence electrons. The predicted octanol–water partition coefficient (Wildman–Crippen LogP) is 1.88. The average molecular weight is 381 g/mol. The number of aryl methyl sites for hydroxylation is 1. The average Bonchev–Trinajstić information content (AvgIpc) is 2.83. The number of carbonyl (C=O) groups is 1. The van der Waals surface area contributed by atoms with Gasteiger partial charge >= 0.3 is 0 Å². The molecule has 7 heteroatoms. The lowest BCUT2D eigenvalue weighted by atomic mass is 10.2. The summed E-state index contributed by atoms with van der Waals surface area (Å²) in [5, 5.41) is 5.31. The smallest absolute Gasteiger partial charge is 0.263 e. The number of fused-ring (bicyclic) bond motifs is 1. The Morgan fingerprint density at radius 2 is 1.96 bits per heavy atom. The van der Waals surface area contributed by atoms with Crippen molar-refractivity contribution in [1.29, 1.82) is 0 Å². The van der Waals surface area contributed by atoms with Gasteiger partial charge in [-0.15, -0.1) is 5.10 Å². The summed E-state index contributed by atoms with van der Waals surface area (Å²) in [5.41, 5.74) is 0.974. The summed E-state index contributed by atoms with van der Waals surface area (Å²) in [4.78, 5) is 16.6. The molecule has 0 bridgehead atoms. The summed E-state index contributed by atoms with van der Waals surface area (Å²) in [5.74, 6) is 0.519. The van der Waals surface area contributed by atoms with Crippen molar-refractivity contribution in [2.75, 3.05) is 33.2 Å². The van der Waals surface area contributed by atoms with E-state index in [-0.39, 0.29) is 5.91 Å². The highest BCUT2D eigenvalue weighted by Gasteiger charge is 2.26. The van der Waals surface area contributed by atoms with Crippen molar-refractivity contribution in [2.24, 2.45) is 7.05 Å². The number of hydrogen-bond acceptors (Lipinski definition) is 4. The lowest BCUT2D eigenvalue weighted by Crippen LogP contribution is -2.50. The zero-order valence-corrected chi connectivity index (χ0v) is 15.2. The normalized spacial score (nSPS) is 17.5. The number of likely N-dealkylation sites (N-methyl/N-ethyl adjacent to an activating group) is 1. The van der Waals surface area contributed by atoms with Gasteiger partial charge in [0.2, 0.25) is 5.88 Å². The van der Waals surface area contributed by atoms with Gasteiger partial charge in [0.05, 0.1) is 10.9 Å². The number of amides is 1. The summed E-state index contributed by atoms with van der Waals surface area (Å²) in [6.45, 7) is 5.09. The van der Waals surface area contributed by atoms with Gasteiger partial charge in [-0.25, -0.2) is 0 Å². The Morgan fingerprint density at radius 1 is 1.26 bits per heavy atom. The van der Waals surface area contributed by atoms with Crippen LogP contribution in [0, 0.1) is 0 Å². The van der Waals surface area contributed by atoms with Crippen LogP contribution in [-0.4, -0.2) is 64.8 Å². The minimum atomic E-state index is -0.546. The van der Waals surface area contributed by atoms with Gasteiger partial charge in [0.25, 0.3) is 5.91 Å². The van der Waals surface area contributed by atoms with E-state index in [1.54, 1.807) is 11.6 Å². The Labute approximate surface area is 144 Å². The van der Waals surface area contributed by atoms with Gasteiger partial charge < -0.3 is 14.5 Å². The molecular formula is C16H21BrN4O2. The van der Waals surface area contributed by atoms with Gasteiger partial charge in [0.15, 0.2) is 6.10 Å². The largest absolute Gasteiger partial charge is 0.463 e. The summed E-state index contributed by atoms with van der Waals surface area (Å²) in [7, 11) is 3.94. The highest BCUT2D eigenvalue weighted by atomic mass is 79.9. The molecule has 1 atom stereocenters. The van der Waals surface area contributed by atoms with Crippen LogP contribution in [0.25, 0.3) is 10.9 Å². The van der Waals surface area contributed by atoms with Crippen molar-refractivity contribution in [3.05, 3.63) is 22.7 Å². The Balaban J connectivity index is 1.76. The third kappa shape index (κ3) is 3.35. The first-order chi connectivity index (χ1) is 11.0. The molecule has 0 aliphatic carbocycles. The minimum Gasteiger partial charge on any atom is -0.463 e. The maximum absolute atomic E-state index is 12.6. The Morgan fingerprint density at radius 3 is 2.65 bits per heavy atom. The molecule has 0 N–H and O–H groups in total. The molecule has 0 saturated carbocycles. The second-order valence-corrected chi connectivity index (χ2v) is 6.89. The number of aromatic nitrogens is 2. The molecule has 1 amide bonds. The molecule has 1 aliphatic rings. The summed E-state index contributed by atoms with van der Waals surface area (Å²) >= 11 is 3.47. The highest BCUT2D eigenvalue weighted by Crippen LogP contribution is 2.28. The van der Waals surface area contributed by atoms with Crippen molar-refractivity contribution < 1.29 is 9.53 Å². The number of carbonyl (C=O) groups excluding carboxylic acids is 1. The van der Waals surface area contributed by atoms with Crippen LogP contribution >= 0.6 is 15.9 Å². The number of benzene rings is 1. The van der Waals surface area contributed by atoms with Gasteiger partial charge in [0, 0.05) is 37.7 Å². The van der Waals surface area contributed by atoms with Crippen LogP contribution in [0.15, 0.2) is 22.7 Å². The van der Waals surface area contributed by atoms with Crippen LogP contribution < -0.4 is 4.74 Å². The summed E-state index contributed by atoms with van der Waals surface area (Å²) < 4.78 is 8.61. The van der Waals surface area contributed by atoms with Crippen LogP contribution in [0.5, 0.6) is 5.88 Å². The molecule has 1 unspecified atom stereocenters. The summed E-state index contributed by atoms with van der Waals surface area (Å²) in [6.07, 6.45) is -0.546. The highest BCUT2D eigenvalue weighted by molar-refractivity contribution is 9.10. The molecule has 23 heavy (non-hydrogen) atoms. The molecule has 0 radical (unpaired) electrons. The maximum atomic E-state index is 12.6. The topological polar surface area (TPSA) is 50.6 Å². The Hall–Kier alpha value is -1.60. The van der Waals surface area contributed by atoms with E-state index in [0.717, 1.165) is 41.6 Å². The van der Waals surface area contributed by atoms with Gasteiger partial charge in [-0.05, 0) is 32.2 Å². The van der Waals surface area contributed by atoms with Crippen LogP contribution in [-0.2, 0) is 11.8 Å². The van der Waals surface area contributed by atoms with Crippen LogP contribution in [0.2, 0.25) is 0 Å². The van der Waals surface area contributed by atoms with E-state index in [2.05, 4.69) is 33.0 Å². The van der Waals surface area contributed by atoms with Gasteiger partial charge in [-0.1, -0.05) is 15.9 Å². The first-order valence-corrected chi connectivity index (χ1v) is 8.51. The third-order valence-corrected chi connectivity index (χ3v) is 4.72. The van der Waals surface area contributed by atoms with E-state index in [4.69, 9.17) is 4.74 Å². The van der Waals surface area contributed by atoms with Crippen molar-refractivity contribution in [1.82, 2.24) is 19.6 Å². The number of hydrogen-bond donors (Lipinski definition) is 0. The number of rotatable bonds is 3. The van der Waals surface area contributed by atoms with Crippen molar-refractivity contribution in [2.45, 2.75) is 13.0 Å². The molecular weight excluding hydrogens is 360 g/mol. The molecule has 6 nitrogen and oxygen atoms in total. The monoisotopic (exact) mass is 380 g/mol. The van der Waals surface area contributed by atoms with Crippen LogP contribution in [0.4, 0.5) is 0 Å². The fourth-order valence-electron chi connectivity index (χ4n) is 2.79. The number of ether oxygens (including phenoxy) is 1. The lowest BCUT2D eigenvalue weighted by molar-refractivity contribution is -0.139. The lowest BCUT2D eigenvalue weighted by Gasteiger charge is -2.33. The molecule has 0 spiro atoms.